The van der Waals surface area contributed by atoms with E-state index in [-0.39, 0.29) is 0 Å². The van der Waals surface area contributed by atoms with Gasteiger partial charge in [-0.1, -0.05) is 0 Å². The Labute approximate surface area is 146 Å². The van der Waals surface area contributed by atoms with Gasteiger partial charge in [-0.05, 0) is 45.3 Å². The van der Waals surface area contributed by atoms with Crippen molar-refractivity contribution in [2.24, 2.45) is 0 Å². The number of carbonyl (C=O) groups is 1. The van der Waals surface area contributed by atoms with Crippen LogP contribution in [0.3, 0.4) is 0 Å². The van der Waals surface area contributed by atoms with Crippen LogP contribution in [-0.4, -0.2) is 65.4 Å². The van der Waals surface area contributed by atoms with Crippen molar-refractivity contribution < 1.29 is 4.79 Å². The maximum absolute atomic E-state index is 12.1. The number of nitrogens with zero attached hydrogens (tertiary/aromatic N) is 4. The van der Waals surface area contributed by atoms with Gasteiger partial charge in [0, 0.05) is 32.1 Å². The zero-order chi connectivity index (χ0) is 17.1. The number of carbonyl (C=O) groups excluding carboxylic acids is 1. The number of fused-ring (bicyclic) bond motifs is 1. The highest BCUT2D eigenvalue weighted by atomic mass is 32.1. The van der Waals surface area contributed by atoms with Gasteiger partial charge in [0.1, 0.15) is 11.6 Å². The number of hydrogen-bond acceptors (Lipinski definition) is 6. The molecular formula is C17H25N5OS. The summed E-state index contributed by atoms with van der Waals surface area (Å²) < 4.78 is 1.10. The van der Waals surface area contributed by atoms with Crippen LogP contribution in [0.1, 0.15) is 25.1 Å². The monoisotopic (exact) mass is 347 g/mol. The number of aryl methyl sites for hydroxylation is 1. The van der Waals surface area contributed by atoms with E-state index in [4.69, 9.17) is 0 Å². The quantitative estimate of drug-likeness (QED) is 0.833. The lowest BCUT2D eigenvalue weighted by Crippen LogP contribution is -2.39. The Balaban J connectivity index is 1.58. The number of amides is 1. The number of aromatic nitrogens is 2. The third-order valence-electron chi connectivity index (χ3n) is 4.43. The number of likely N-dealkylation sites (tertiary alicyclic amines) is 1. The van der Waals surface area contributed by atoms with Crippen LogP contribution in [0.2, 0.25) is 0 Å². The second-order valence-electron chi connectivity index (χ2n) is 6.55. The van der Waals surface area contributed by atoms with E-state index in [1.165, 1.54) is 0 Å². The normalized spacial score (nSPS) is 18.1. The number of thiophene rings is 1. The van der Waals surface area contributed by atoms with Crippen LogP contribution in [0, 0.1) is 6.92 Å². The third-order valence-corrected chi connectivity index (χ3v) is 5.34. The van der Waals surface area contributed by atoms with Crippen LogP contribution < -0.4 is 5.32 Å². The zero-order valence-electron chi connectivity index (χ0n) is 14.6. The number of hydrogen-bond donors (Lipinski definition) is 1. The van der Waals surface area contributed by atoms with Crippen LogP contribution in [0.25, 0.3) is 10.2 Å². The van der Waals surface area contributed by atoms with Crippen molar-refractivity contribution >= 4 is 33.3 Å². The molecule has 1 saturated heterocycles. The van der Waals surface area contributed by atoms with Gasteiger partial charge >= 0.3 is 0 Å². The first-order valence-corrected chi connectivity index (χ1v) is 9.32. The molecule has 0 bridgehead atoms. The third kappa shape index (κ3) is 3.84. The van der Waals surface area contributed by atoms with Crippen molar-refractivity contribution in [2.45, 2.75) is 32.2 Å². The molecule has 1 aliphatic rings. The van der Waals surface area contributed by atoms with Gasteiger partial charge in [0.25, 0.3) is 0 Å². The van der Waals surface area contributed by atoms with Crippen molar-refractivity contribution in [1.29, 1.82) is 0 Å². The maximum atomic E-state index is 12.1. The topological polar surface area (TPSA) is 61.4 Å². The Morgan fingerprint density at radius 1 is 1.42 bits per heavy atom. The number of anilines is 1. The van der Waals surface area contributed by atoms with Gasteiger partial charge in [-0.15, -0.1) is 11.3 Å². The Morgan fingerprint density at radius 2 is 2.25 bits per heavy atom. The Hall–Kier alpha value is -1.73. The van der Waals surface area contributed by atoms with Crippen LogP contribution >= 0.6 is 11.3 Å². The lowest BCUT2D eigenvalue weighted by molar-refractivity contribution is -0.129. The smallest absolute Gasteiger partial charge is 0.222 e. The lowest BCUT2D eigenvalue weighted by Gasteiger charge is -2.26. The number of likely N-dealkylation sites (N-methyl/N-ethyl adjacent to an activating group) is 1. The summed E-state index contributed by atoms with van der Waals surface area (Å²) in [5.74, 6) is 1.99. The van der Waals surface area contributed by atoms with Gasteiger partial charge in [0.2, 0.25) is 5.91 Å². The zero-order valence-corrected chi connectivity index (χ0v) is 15.4. The molecule has 1 aliphatic heterocycles. The molecule has 0 saturated carbocycles. The molecule has 0 aromatic carbocycles. The van der Waals surface area contributed by atoms with Gasteiger partial charge in [-0.25, -0.2) is 9.97 Å². The van der Waals surface area contributed by atoms with E-state index in [0.29, 0.717) is 18.4 Å². The van der Waals surface area contributed by atoms with Gasteiger partial charge < -0.3 is 15.1 Å². The standard InChI is InChI=1S/C17H25N5OS/c1-12-19-14-7-11-24-16(14)17(20-12)18-8-6-13-4-5-15(23)22(13)10-9-21(2)3/h7,11,13H,4-6,8-10H2,1-3H3,(H,18,19,20). The minimum atomic E-state index is 0.292. The molecule has 3 rings (SSSR count). The highest BCUT2D eigenvalue weighted by molar-refractivity contribution is 7.17. The number of nitrogens with one attached hydrogen (secondary N) is 1. The molecule has 130 valence electrons. The van der Waals surface area contributed by atoms with Gasteiger partial charge in [0.05, 0.1) is 10.2 Å². The fourth-order valence-electron chi connectivity index (χ4n) is 3.16. The second kappa shape index (κ2) is 7.44. The molecule has 2 aromatic heterocycles. The summed E-state index contributed by atoms with van der Waals surface area (Å²) in [4.78, 5) is 25.2. The summed E-state index contributed by atoms with van der Waals surface area (Å²) in [5.41, 5.74) is 0.999. The maximum Gasteiger partial charge on any atom is 0.222 e. The SMILES string of the molecule is Cc1nc(NCCC2CCC(=O)N2CCN(C)C)c2sccc2n1. The van der Waals surface area contributed by atoms with E-state index in [1.54, 1.807) is 11.3 Å². The first kappa shape index (κ1) is 17.1. The van der Waals surface area contributed by atoms with Crippen molar-refractivity contribution in [1.82, 2.24) is 19.8 Å². The molecule has 1 atom stereocenters. The summed E-state index contributed by atoms with van der Waals surface area (Å²) >= 11 is 1.66. The predicted molar refractivity (Wildman–Crippen MR) is 98.5 cm³/mol. The summed E-state index contributed by atoms with van der Waals surface area (Å²) in [5, 5.41) is 5.50. The van der Waals surface area contributed by atoms with Crippen LogP contribution in [0.4, 0.5) is 5.82 Å². The fourth-order valence-corrected chi connectivity index (χ4v) is 3.96. The van der Waals surface area contributed by atoms with Crippen molar-refractivity contribution in [3.63, 3.8) is 0 Å². The van der Waals surface area contributed by atoms with Crippen LogP contribution in [-0.2, 0) is 4.79 Å². The molecule has 0 radical (unpaired) electrons. The minimum absolute atomic E-state index is 0.292. The average molecular weight is 347 g/mol. The van der Waals surface area contributed by atoms with Crippen molar-refractivity contribution in [3.05, 3.63) is 17.3 Å². The lowest BCUT2D eigenvalue weighted by atomic mass is 10.1. The predicted octanol–water partition coefficient (Wildman–Crippen LogP) is 2.35. The molecule has 1 amide bonds. The molecule has 0 spiro atoms. The molecule has 6 nitrogen and oxygen atoms in total. The highest BCUT2D eigenvalue weighted by Gasteiger charge is 2.30. The van der Waals surface area contributed by atoms with E-state index < -0.39 is 0 Å². The molecule has 24 heavy (non-hydrogen) atoms. The molecule has 3 heterocycles. The molecule has 1 unspecified atom stereocenters. The Kier molecular flexibility index (Phi) is 5.30. The van der Waals surface area contributed by atoms with Gasteiger partial charge in [0.15, 0.2) is 0 Å². The van der Waals surface area contributed by atoms with E-state index in [0.717, 1.165) is 54.3 Å². The molecule has 0 aliphatic carbocycles. The number of rotatable bonds is 7. The summed E-state index contributed by atoms with van der Waals surface area (Å²) in [6.07, 6.45) is 2.60. The Bertz CT molecular complexity index is 714. The first-order valence-electron chi connectivity index (χ1n) is 8.44. The van der Waals surface area contributed by atoms with Crippen molar-refractivity contribution in [2.75, 3.05) is 39.0 Å². The van der Waals surface area contributed by atoms with E-state index in [2.05, 4.69) is 20.2 Å². The molecular weight excluding hydrogens is 322 g/mol. The summed E-state index contributed by atoms with van der Waals surface area (Å²) in [6, 6.07) is 2.37. The molecule has 7 heteroatoms. The Morgan fingerprint density at radius 3 is 3.04 bits per heavy atom. The molecule has 1 N–H and O–H groups in total. The van der Waals surface area contributed by atoms with Crippen LogP contribution in [0.15, 0.2) is 11.4 Å². The van der Waals surface area contributed by atoms with E-state index in [1.807, 2.05) is 37.4 Å². The molecule has 1 fully saturated rings. The largest absolute Gasteiger partial charge is 0.369 e. The average Bonchev–Trinajstić information content (AvgIpc) is 3.12. The van der Waals surface area contributed by atoms with Crippen LogP contribution in [0.5, 0.6) is 0 Å². The summed E-state index contributed by atoms with van der Waals surface area (Å²) in [7, 11) is 4.08. The van der Waals surface area contributed by atoms with Gasteiger partial charge in [-0.2, -0.15) is 0 Å². The van der Waals surface area contributed by atoms with E-state index in [9.17, 15) is 4.79 Å². The molecule has 2 aromatic rings. The second-order valence-corrected chi connectivity index (χ2v) is 7.47. The summed E-state index contributed by atoms with van der Waals surface area (Å²) in [6.45, 7) is 4.47. The van der Waals surface area contributed by atoms with Crippen molar-refractivity contribution in [3.8, 4) is 0 Å². The van der Waals surface area contributed by atoms with Gasteiger partial charge in [-0.3, -0.25) is 4.79 Å². The minimum Gasteiger partial charge on any atom is -0.369 e. The van der Waals surface area contributed by atoms with E-state index >= 15 is 0 Å². The first-order chi connectivity index (χ1) is 11.5. The highest BCUT2D eigenvalue weighted by Crippen LogP contribution is 2.26. The fraction of sp³-hybridized carbons (Fsp3) is 0.588.